The Hall–Kier alpha value is -1.56. The molecule has 3 rings (SSSR count). The molecule has 0 spiro atoms. The van der Waals surface area contributed by atoms with Crippen LogP contribution >= 0.6 is 11.6 Å². The summed E-state index contributed by atoms with van der Waals surface area (Å²) in [6.45, 7) is 0.623. The first kappa shape index (κ1) is 16.3. The first-order valence-electron chi connectivity index (χ1n) is 7.46. The third-order valence-corrected chi connectivity index (χ3v) is 5.80. The third-order valence-electron chi connectivity index (χ3n) is 3.78. The molecule has 2 aromatic carbocycles. The van der Waals surface area contributed by atoms with Gasteiger partial charge in [0.1, 0.15) is 11.5 Å². The van der Waals surface area contributed by atoms with Crippen LogP contribution in [0.1, 0.15) is 12.0 Å². The minimum absolute atomic E-state index is 0.0424. The highest BCUT2D eigenvalue weighted by Gasteiger charge is 2.27. The average Bonchev–Trinajstić information content (AvgIpc) is 2.87. The van der Waals surface area contributed by atoms with Crippen LogP contribution in [0.25, 0.3) is 0 Å². The van der Waals surface area contributed by atoms with Gasteiger partial charge in [-0.15, -0.1) is 0 Å². The fourth-order valence-electron chi connectivity index (χ4n) is 2.58. The summed E-state index contributed by atoms with van der Waals surface area (Å²) in [6.07, 6.45) is 0.684. The smallest absolute Gasteiger partial charge is 0.151 e. The van der Waals surface area contributed by atoms with Gasteiger partial charge in [-0.2, -0.15) is 0 Å². The molecule has 4 nitrogen and oxygen atoms in total. The molecule has 0 aromatic heterocycles. The summed E-state index contributed by atoms with van der Waals surface area (Å²) < 4.78 is 28.7. The lowest BCUT2D eigenvalue weighted by atomic mass is 10.2. The molecule has 1 saturated heterocycles. The van der Waals surface area contributed by atoms with E-state index in [-0.39, 0.29) is 17.5 Å². The molecule has 0 amide bonds. The van der Waals surface area contributed by atoms with E-state index in [0.717, 1.165) is 17.1 Å². The number of ether oxygens (including phenoxy) is 1. The lowest BCUT2D eigenvalue weighted by Crippen LogP contribution is -2.29. The first-order chi connectivity index (χ1) is 11.0. The molecule has 1 N–H and O–H groups in total. The van der Waals surface area contributed by atoms with Crippen LogP contribution in [0, 0.1) is 0 Å². The maximum absolute atomic E-state index is 11.5. The molecule has 1 aliphatic heterocycles. The van der Waals surface area contributed by atoms with Crippen molar-refractivity contribution >= 4 is 21.4 Å². The summed E-state index contributed by atoms with van der Waals surface area (Å²) in [5, 5.41) is 3.97. The molecule has 0 bridgehead atoms. The van der Waals surface area contributed by atoms with Crippen LogP contribution in [0.4, 0.5) is 0 Å². The highest BCUT2D eigenvalue weighted by atomic mass is 35.5. The van der Waals surface area contributed by atoms with Gasteiger partial charge < -0.3 is 10.1 Å². The Bertz CT molecular complexity index is 775. The number of nitrogens with one attached hydrogen (secondary N) is 1. The van der Waals surface area contributed by atoms with Crippen molar-refractivity contribution in [2.45, 2.75) is 19.0 Å². The summed E-state index contributed by atoms with van der Waals surface area (Å²) >= 11 is 5.86. The Morgan fingerprint density at radius 3 is 2.61 bits per heavy atom. The normalized spacial score (nSPS) is 19.6. The monoisotopic (exact) mass is 351 g/mol. The number of benzene rings is 2. The second-order valence-corrected chi connectivity index (χ2v) is 8.35. The minimum atomic E-state index is -2.85. The Kier molecular flexibility index (Phi) is 4.90. The molecule has 1 aliphatic rings. The van der Waals surface area contributed by atoms with E-state index >= 15 is 0 Å². The van der Waals surface area contributed by atoms with Crippen molar-refractivity contribution < 1.29 is 13.2 Å². The molecule has 0 radical (unpaired) electrons. The van der Waals surface area contributed by atoms with Crippen LogP contribution in [-0.2, 0) is 16.4 Å². The molecular formula is C17H18ClNO3S. The third kappa shape index (κ3) is 4.70. The van der Waals surface area contributed by atoms with Crippen LogP contribution in [0.15, 0.2) is 48.5 Å². The largest absolute Gasteiger partial charge is 0.457 e. The predicted molar refractivity (Wildman–Crippen MR) is 91.9 cm³/mol. The SMILES string of the molecule is O=S1(=O)CCC(NCc2cccc(Oc3ccc(Cl)cc3)c2)C1. The zero-order valence-corrected chi connectivity index (χ0v) is 14.1. The molecule has 2 aromatic rings. The maximum Gasteiger partial charge on any atom is 0.151 e. The van der Waals surface area contributed by atoms with Crippen molar-refractivity contribution in [3.05, 3.63) is 59.1 Å². The van der Waals surface area contributed by atoms with Crippen LogP contribution in [0.2, 0.25) is 5.02 Å². The van der Waals surface area contributed by atoms with E-state index in [9.17, 15) is 8.42 Å². The molecule has 122 valence electrons. The van der Waals surface area contributed by atoms with Crippen LogP contribution < -0.4 is 10.1 Å². The first-order valence-corrected chi connectivity index (χ1v) is 9.66. The molecule has 1 atom stereocenters. The van der Waals surface area contributed by atoms with Crippen LogP contribution in [0.3, 0.4) is 0 Å². The van der Waals surface area contributed by atoms with E-state index in [1.54, 1.807) is 12.1 Å². The van der Waals surface area contributed by atoms with Gasteiger partial charge in [0, 0.05) is 17.6 Å². The number of hydrogen-bond acceptors (Lipinski definition) is 4. The lowest BCUT2D eigenvalue weighted by Gasteiger charge is -2.12. The van der Waals surface area contributed by atoms with Crippen LogP contribution in [0.5, 0.6) is 11.5 Å². The summed E-state index contributed by atoms with van der Waals surface area (Å²) in [6, 6.07) is 15.0. The van der Waals surface area contributed by atoms with E-state index in [1.165, 1.54) is 0 Å². The maximum atomic E-state index is 11.5. The Morgan fingerprint density at radius 1 is 1.13 bits per heavy atom. The molecule has 1 heterocycles. The summed E-state index contributed by atoms with van der Waals surface area (Å²) in [5.74, 6) is 1.98. The highest BCUT2D eigenvalue weighted by Crippen LogP contribution is 2.24. The molecule has 1 fully saturated rings. The topological polar surface area (TPSA) is 55.4 Å². The second kappa shape index (κ2) is 6.91. The van der Waals surface area contributed by atoms with Gasteiger partial charge in [-0.05, 0) is 48.4 Å². The molecule has 6 heteroatoms. The quantitative estimate of drug-likeness (QED) is 0.896. The van der Waals surface area contributed by atoms with E-state index in [2.05, 4.69) is 5.32 Å². The van der Waals surface area contributed by atoms with E-state index in [1.807, 2.05) is 36.4 Å². The zero-order valence-electron chi connectivity index (χ0n) is 12.5. The second-order valence-electron chi connectivity index (χ2n) is 5.68. The zero-order chi connectivity index (χ0) is 16.3. The number of hydrogen-bond donors (Lipinski definition) is 1. The fourth-order valence-corrected chi connectivity index (χ4v) is 4.41. The van der Waals surface area contributed by atoms with E-state index in [0.29, 0.717) is 18.0 Å². The Labute approximate surface area is 141 Å². The van der Waals surface area contributed by atoms with Crippen LogP contribution in [-0.4, -0.2) is 26.0 Å². The van der Waals surface area contributed by atoms with Crippen molar-refractivity contribution in [3.8, 4) is 11.5 Å². The standard InChI is InChI=1S/C17H18ClNO3S/c18-14-4-6-16(7-5-14)22-17-3-1-2-13(10-17)11-19-15-8-9-23(20,21)12-15/h1-7,10,15,19H,8-9,11-12H2. The van der Waals surface area contributed by atoms with Crippen molar-refractivity contribution in [3.63, 3.8) is 0 Å². The average molecular weight is 352 g/mol. The van der Waals surface area contributed by atoms with Crippen molar-refractivity contribution in [2.75, 3.05) is 11.5 Å². The van der Waals surface area contributed by atoms with Crippen molar-refractivity contribution in [2.24, 2.45) is 0 Å². The van der Waals surface area contributed by atoms with Gasteiger partial charge in [0.05, 0.1) is 11.5 Å². The van der Waals surface area contributed by atoms with Gasteiger partial charge in [0.2, 0.25) is 0 Å². The summed E-state index contributed by atoms with van der Waals surface area (Å²) in [5.41, 5.74) is 1.06. The summed E-state index contributed by atoms with van der Waals surface area (Å²) in [7, 11) is -2.85. The van der Waals surface area contributed by atoms with Crippen molar-refractivity contribution in [1.29, 1.82) is 0 Å². The van der Waals surface area contributed by atoms with Gasteiger partial charge in [-0.1, -0.05) is 23.7 Å². The molecule has 1 unspecified atom stereocenters. The Balaban J connectivity index is 1.60. The van der Waals surface area contributed by atoms with E-state index < -0.39 is 9.84 Å². The Morgan fingerprint density at radius 2 is 1.91 bits per heavy atom. The van der Waals surface area contributed by atoms with Gasteiger partial charge in [-0.3, -0.25) is 0 Å². The van der Waals surface area contributed by atoms with Crippen molar-refractivity contribution in [1.82, 2.24) is 5.32 Å². The predicted octanol–water partition coefficient (Wildman–Crippen LogP) is 3.41. The summed E-state index contributed by atoms with van der Waals surface area (Å²) in [4.78, 5) is 0. The van der Waals surface area contributed by atoms with E-state index in [4.69, 9.17) is 16.3 Å². The number of halogens is 1. The molecule has 23 heavy (non-hydrogen) atoms. The van der Waals surface area contributed by atoms with Gasteiger partial charge in [0.15, 0.2) is 9.84 Å². The molecule has 0 saturated carbocycles. The fraction of sp³-hybridized carbons (Fsp3) is 0.294. The van der Waals surface area contributed by atoms with Gasteiger partial charge in [0.25, 0.3) is 0 Å². The lowest BCUT2D eigenvalue weighted by molar-refractivity contribution is 0.480. The van der Waals surface area contributed by atoms with Gasteiger partial charge in [-0.25, -0.2) is 8.42 Å². The highest BCUT2D eigenvalue weighted by molar-refractivity contribution is 7.91. The minimum Gasteiger partial charge on any atom is -0.457 e. The number of rotatable bonds is 5. The molecular weight excluding hydrogens is 334 g/mol. The number of sulfone groups is 1. The van der Waals surface area contributed by atoms with Gasteiger partial charge >= 0.3 is 0 Å². The molecule has 0 aliphatic carbocycles.